The van der Waals surface area contributed by atoms with Crippen molar-refractivity contribution < 1.29 is 9.90 Å². The van der Waals surface area contributed by atoms with E-state index < -0.39 is 6.10 Å². The summed E-state index contributed by atoms with van der Waals surface area (Å²) >= 11 is 0. The first-order chi connectivity index (χ1) is 11.6. The molecule has 2 heterocycles. The van der Waals surface area contributed by atoms with Crippen molar-refractivity contribution in [3.05, 3.63) is 23.9 Å². The zero-order chi connectivity index (χ0) is 16.9. The molecule has 1 saturated carbocycles. The van der Waals surface area contributed by atoms with Crippen LogP contribution >= 0.6 is 0 Å². The second-order valence-electron chi connectivity index (χ2n) is 6.97. The highest BCUT2D eigenvalue weighted by molar-refractivity contribution is 5.74. The monoisotopic (exact) mass is 332 g/mol. The number of rotatable bonds is 3. The lowest BCUT2D eigenvalue weighted by molar-refractivity contribution is 0.0939. The van der Waals surface area contributed by atoms with E-state index in [2.05, 4.69) is 20.5 Å². The van der Waals surface area contributed by atoms with E-state index in [9.17, 15) is 9.90 Å². The predicted octanol–water partition coefficient (Wildman–Crippen LogP) is 1.96. The lowest BCUT2D eigenvalue weighted by Gasteiger charge is -2.34. The number of pyridine rings is 1. The Balaban J connectivity index is 1.44. The van der Waals surface area contributed by atoms with Crippen LogP contribution in [0.1, 0.15) is 44.2 Å². The van der Waals surface area contributed by atoms with Gasteiger partial charge in [-0.3, -0.25) is 0 Å². The molecule has 3 rings (SSSR count). The number of hydrogen-bond donors (Lipinski definition) is 3. The summed E-state index contributed by atoms with van der Waals surface area (Å²) in [4.78, 5) is 19.0. The van der Waals surface area contributed by atoms with Crippen molar-refractivity contribution in [3.63, 3.8) is 0 Å². The summed E-state index contributed by atoms with van der Waals surface area (Å²) in [6.07, 6.45) is 5.19. The Morgan fingerprint density at radius 1 is 1.17 bits per heavy atom. The number of amides is 2. The molecule has 1 aliphatic carbocycles. The van der Waals surface area contributed by atoms with Crippen LogP contribution in [0.2, 0.25) is 0 Å². The maximum atomic E-state index is 12.2. The second-order valence-corrected chi connectivity index (χ2v) is 6.97. The van der Waals surface area contributed by atoms with Crippen LogP contribution in [0, 0.1) is 6.92 Å². The topological polar surface area (TPSA) is 77.5 Å². The van der Waals surface area contributed by atoms with Gasteiger partial charge in [-0.15, -0.1) is 0 Å². The fraction of sp³-hybridized carbons (Fsp3) is 0.667. The third-order valence-electron chi connectivity index (χ3n) is 5.07. The average Bonchev–Trinajstić information content (AvgIpc) is 2.58. The number of aliphatic hydroxyl groups is 1. The summed E-state index contributed by atoms with van der Waals surface area (Å²) in [7, 11) is 0. The van der Waals surface area contributed by atoms with Gasteiger partial charge in [0.1, 0.15) is 5.82 Å². The summed E-state index contributed by atoms with van der Waals surface area (Å²) < 4.78 is 0. The van der Waals surface area contributed by atoms with Crippen molar-refractivity contribution in [2.75, 3.05) is 18.0 Å². The standard InChI is InChI=1S/C18H28N4O2/c1-13-5-4-8-17(19-13)22-11-9-14(10-12-22)20-18(24)21-15-6-2-3-7-16(15)23/h4-5,8,14-16,23H,2-3,6-7,9-12H2,1H3,(H2,20,21,24). The minimum absolute atomic E-state index is 0.102. The van der Waals surface area contributed by atoms with Crippen molar-refractivity contribution in [2.45, 2.75) is 63.6 Å². The highest BCUT2D eigenvalue weighted by Crippen LogP contribution is 2.19. The maximum absolute atomic E-state index is 12.2. The number of hydrogen-bond acceptors (Lipinski definition) is 4. The summed E-state index contributed by atoms with van der Waals surface area (Å²) in [5, 5.41) is 16.0. The smallest absolute Gasteiger partial charge is 0.315 e. The molecule has 3 N–H and O–H groups in total. The lowest BCUT2D eigenvalue weighted by Crippen LogP contribution is -2.53. The van der Waals surface area contributed by atoms with Gasteiger partial charge < -0.3 is 20.6 Å². The van der Waals surface area contributed by atoms with Crippen LogP contribution < -0.4 is 15.5 Å². The minimum Gasteiger partial charge on any atom is -0.391 e. The van der Waals surface area contributed by atoms with Crippen molar-refractivity contribution in [1.29, 1.82) is 0 Å². The average molecular weight is 332 g/mol. The van der Waals surface area contributed by atoms with Gasteiger partial charge in [0.05, 0.1) is 12.1 Å². The molecule has 24 heavy (non-hydrogen) atoms. The molecule has 132 valence electrons. The Labute approximate surface area is 143 Å². The van der Waals surface area contributed by atoms with Crippen LogP contribution in [0.4, 0.5) is 10.6 Å². The van der Waals surface area contributed by atoms with Crippen molar-refractivity contribution in [3.8, 4) is 0 Å². The third-order valence-corrected chi connectivity index (χ3v) is 5.07. The molecule has 2 amide bonds. The maximum Gasteiger partial charge on any atom is 0.315 e. The summed E-state index contributed by atoms with van der Waals surface area (Å²) in [6.45, 7) is 3.79. The van der Waals surface area contributed by atoms with E-state index >= 15 is 0 Å². The Bertz CT molecular complexity index is 558. The van der Waals surface area contributed by atoms with E-state index in [4.69, 9.17) is 0 Å². The first-order valence-electron chi connectivity index (χ1n) is 9.05. The normalized spacial score (nSPS) is 25.3. The number of aryl methyl sites for hydroxylation is 1. The second kappa shape index (κ2) is 7.83. The molecule has 1 aliphatic heterocycles. The number of urea groups is 1. The number of carbonyl (C=O) groups excluding carboxylic acids is 1. The largest absolute Gasteiger partial charge is 0.391 e. The van der Waals surface area contributed by atoms with Gasteiger partial charge in [-0.05, 0) is 44.7 Å². The van der Waals surface area contributed by atoms with Gasteiger partial charge in [-0.1, -0.05) is 18.9 Å². The first kappa shape index (κ1) is 17.0. The Morgan fingerprint density at radius 3 is 2.62 bits per heavy atom. The molecule has 2 aliphatic rings. The van der Waals surface area contributed by atoms with Crippen LogP contribution in [-0.4, -0.2) is 47.4 Å². The van der Waals surface area contributed by atoms with Gasteiger partial charge in [0.2, 0.25) is 0 Å². The number of piperidine rings is 1. The molecule has 2 atom stereocenters. The fourth-order valence-corrected chi connectivity index (χ4v) is 3.63. The molecular weight excluding hydrogens is 304 g/mol. The van der Waals surface area contributed by atoms with Crippen molar-refractivity contribution >= 4 is 11.8 Å². The summed E-state index contributed by atoms with van der Waals surface area (Å²) in [5.74, 6) is 1.02. The third kappa shape index (κ3) is 4.38. The molecule has 2 fully saturated rings. The molecule has 0 bridgehead atoms. The number of aromatic nitrogens is 1. The minimum atomic E-state index is -0.404. The number of nitrogens with one attached hydrogen (secondary N) is 2. The molecule has 1 aromatic rings. The molecule has 0 aromatic carbocycles. The van der Waals surface area contributed by atoms with Gasteiger partial charge >= 0.3 is 6.03 Å². The van der Waals surface area contributed by atoms with Gasteiger partial charge in [-0.2, -0.15) is 0 Å². The molecule has 6 heteroatoms. The zero-order valence-electron chi connectivity index (χ0n) is 14.4. The summed E-state index contributed by atoms with van der Waals surface area (Å²) in [5.41, 5.74) is 1.03. The lowest BCUT2D eigenvalue weighted by atomic mass is 9.93. The van der Waals surface area contributed by atoms with Gasteiger partial charge in [0, 0.05) is 24.8 Å². The molecule has 0 spiro atoms. The van der Waals surface area contributed by atoms with Gasteiger partial charge in [0.25, 0.3) is 0 Å². The molecular formula is C18H28N4O2. The van der Waals surface area contributed by atoms with Crippen LogP contribution in [0.5, 0.6) is 0 Å². The van der Waals surface area contributed by atoms with E-state index in [0.717, 1.165) is 63.1 Å². The Kier molecular flexibility index (Phi) is 5.56. The van der Waals surface area contributed by atoms with Crippen LogP contribution in [-0.2, 0) is 0 Å². The molecule has 6 nitrogen and oxygen atoms in total. The fourth-order valence-electron chi connectivity index (χ4n) is 3.63. The van der Waals surface area contributed by atoms with Crippen LogP contribution in [0.3, 0.4) is 0 Å². The summed E-state index contributed by atoms with van der Waals surface area (Å²) in [6, 6.07) is 6.01. The van der Waals surface area contributed by atoms with E-state index in [1.165, 1.54) is 0 Å². The number of nitrogens with zero attached hydrogens (tertiary/aromatic N) is 2. The Hall–Kier alpha value is -1.82. The quantitative estimate of drug-likeness (QED) is 0.791. The van der Waals surface area contributed by atoms with E-state index in [1.807, 2.05) is 25.1 Å². The van der Waals surface area contributed by atoms with E-state index in [1.54, 1.807) is 0 Å². The highest BCUT2D eigenvalue weighted by Gasteiger charge is 2.26. The molecule has 1 aromatic heterocycles. The zero-order valence-corrected chi connectivity index (χ0v) is 14.4. The van der Waals surface area contributed by atoms with Crippen LogP contribution in [0.25, 0.3) is 0 Å². The Morgan fingerprint density at radius 2 is 1.92 bits per heavy atom. The predicted molar refractivity (Wildman–Crippen MR) is 94.1 cm³/mol. The molecule has 0 radical (unpaired) electrons. The number of anilines is 1. The van der Waals surface area contributed by atoms with Crippen LogP contribution in [0.15, 0.2) is 18.2 Å². The SMILES string of the molecule is Cc1cccc(N2CCC(NC(=O)NC3CCCCC3O)CC2)n1. The van der Waals surface area contributed by atoms with E-state index in [0.29, 0.717) is 0 Å². The van der Waals surface area contributed by atoms with Gasteiger partial charge in [0.15, 0.2) is 0 Å². The van der Waals surface area contributed by atoms with Gasteiger partial charge in [-0.25, -0.2) is 9.78 Å². The first-order valence-corrected chi connectivity index (χ1v) is 9.05. The van der Waals surface area contributed by atoms with Crippen molar-refractivity contribution in [2.24, 2.45) is 0 Å². The van der Waals surface area contributed by atoms with E-state index in [-0.39, 0.29) is 18.1 Å². The van der Waals surface area contributed by atoms with Crippen molar-refractivity contribution in [1.82, 2.24) is 15.6 Å². The molecule has 2 unspecified atom stereocenters. The molecule has 1 saturated heterocycles. The number of carbonyl (C=O) groups is 1. The highest BCUT2D eigenvalue weighted by atomic mass is 16.3. The number of aliphatic hydroxyl groups excluding tert-OH is 1.